The molecule has 2 aromatic carbocycles. The van der Waals surface area contributed by atoms with E-state index in [-0.39, 0.29) is 11.4 Å². The Balaban J connectivity index is 1.66. The second kappa shape index (κ2) is 10.7. The Morgan fingerprint density at radius 3 is 2.52 bits per heavy atom. The summed E-state index contributed by atoms with van der Waals surface area (Å²) >= 11 is 0.811. The minimum Gasteiger partial charge on any atom is -0.494 e. The fourth-order valence-electron chi connectivity index (χ4n) is 2.87. The first kappa shape index (κ1) is 22.4. The predicted molar refractivity (Wildman–Crippen MR) is 121 cm³/mol. The zero-order valence-electron chi connectivity index (χ0n) is 17.4. The van der Waals surface area contributed by atoms with Crippen molar-refractivity contribution in [1.82, 2.24) is 4.90 Å². The van der Waals surface area contributed by atoms with Crippen molar-refractivity contribution in [1.29, 1.82) is 0 Å². The fourth-order valence-corrected chi connectivity index (χ4v) is 3.70. The van der Waals surface area contributed by atoms with Gasteiger partial charge in [0.25, 0.3) is 11.1 Å². The van der Waals surface area contributed by atoms with Crippen molar-refractivity contribution in [2.45, 2.75) is 20.3 Å². The molecule has 0 aromatic heterocycles. The molecule has 3 rings (SSSR count). The summed E-state index contributed by atoms with van der Waals surface area (Å²) in [7, 11) is 0. The zero-order chi connectivity index (χ0) is 22.2. The Hall–Kier alpha value is -3.26. The summed E-state index contributed by atoms with van der Waals surface area (Å²) in [5.74, 6) is 0.380. The summed E-state index contributed by atoms with van der Waals surface area (Å²) in [5.41, 5.74) is 1.26. The van der Waals surface area contributed by atoms with Crippen LogP contribution in [0, 0.1) is 0 Å². The van der Waals surface area contributed by atoms with Crippen LogP contribution in [-0.2, 0) is 9.59 Å². The first-order chi connectivity index (χ1) is 15.0. The molecule has 1 aliphatic rings. The molecule has 7 nitrogen and oxygen atoms in total. The Labute approximate surface area is 185 Å². The lowest BCUT2D eigenvalue weighted by molar-refractivity contribution is -0.127. The Morgan fingerprint density at radius 2 is 1.81 bits per heavy atom. The topological polar surface area (TPSA) is 84.9 Å². The quantitative estimate of drug-likeness (QED) is 0.576. The molecule has 31 heavy (non-hydrogen) atoms. The molecular formula is C23H24N2O5S. The van der Waals surface area contributed by atoms with E-state index in [9.17, 15) is 14.4 Å². The number of amides is 3. The van der Waals surface area contributed by atoms with Gasteiger partial charge in [0.2, 0.25) is 5.91 Å². The molecule has 0 atom stereocenters. The highest BCUT2D eigenvalue weighted by molar-refractivity contribution is 8.18. The lowest BCUT2D eigenvalue weighted by Crippen LogP contribution is -2.36. The Morgan fingerprint density at radius 1 is 1.06 bits per heavy atom. The first-order valence-corrected chi connectivity index (χ1v) is 10.8. The lowest BCUT2D eigenvalue weighted by Gasteiger charge is -2.13. The second-order valence-corrected chi connectivity index (χ2v) is 7.65. The molecule has 2 aromatic rings. The number of carbonyl (C=O) groups is 3. The number of hydrogen-bond acceptors (Lipinski definition) is 6. The van der Waals surface area contributed by atoms with Crippen molar-refractivity contribution in [3.8, 4) is 11.5 Å². The maximum Gasteiger partial charge on any atom is 0.294 e. The van der Waals surface area contributed by atoms with Crippen LogP contribution in [0.1, 0.15) is 25.8 Å². The van der Waals surface area contributed by atoms with E-state index in [0.29, 0.717) is 36.0 Å². The van der Waals surface area contributed by atoms with E-state index in [1.165, 1.54) is 0 Å². The summed E-state index contributed by atoms with van der Waals surface area (Å²) in [5, 5.41) is 2.21. The third-order valence-electron chi connectivity index (χ3n) is 4.29. The average molecular weight is 441 g/mol. The maximum absolute atomic E-state index is 12.7. The van der Waals surface area contributed by atoms with E-state index in [2.05, 4.69) is 5.32 Å². The van der Waals surface area contributed by atoms with Gasteiger partial charge in [0.15, 0.2) is 0 Å². The highest BCUT2D eigenvalue weighted by Gasteiger charge is 2.36. The maximum atomic E-state index is 12.7. The third kappa shape index (κ3) is 5.88. The minimum atomic E-state index is -0.498. The van der Waals surface area contributed by atoms with Crippen LogP contribution < -0.4 is 14.8 Å². The largest absolute Gasteiger partial charge is 0.494 e. The van der Waals surface area contributed by atoms with Gasteiger partial charge in [-0.15, -0.1) is 0 Å². The van der Waals surface area contributed by atoms with Crippen molar-refractivity contribution in [3.05, 3.63) is 59.0 Å². The fraction of sp³-hybridized carbons (Fsp3) is 0.261. The number of hydrogen-bond donors (Lipinski definition) is 1. The Bertz CT molecular complexity index is 988. The highest BCUT2D eigenvalue weighted by atomic mass is 32.2. The first-order valence-electron chi connectivity index (χ1n) is 10.0. The van der Waals surface area contributed by atoms with Crippen molar-refractivity contribution in [2.24, 2.45) is 0 Å². The molecule has 1 saturated heterocycles. The Kier molecular flexibility index (Phi) is 7.72. The molecular weight excluding hydrogens is 416 g/mol. The number of rotatable bonds is 9. The van der Waals surface area contributed by atoms with Crippen LogP contribution in [0.2, 0.25) is 0 Å². The molecule has 3 amide bonds. The number of imide groups is 1. The zero-order valence-corrected chi connectivity index (χ0v) is 18.2. The van der Waals surface area contributed by atoms with Crippen molar-refractivity contribution in [2.75, 3.05) is 25.1 Å². The van der Waals surface area contributed by atoms with Gasteiger partial charge in [0.1, 0.15) is 18.0 Å². The number of thioether (sulfide) groups is 1. The molecule has 1 aliphatic heterocycles. The highest BCUT2D eigenvalue weighted by Crippen LogP contribution is 2.34. The number of ether oxygens (including phenoxy) is 2. The monoisotopic (exact) mass is 440 g/mol. The van der Waals surface area contributed by atoms with Crippen molar-refractivity contribution < 1.29 is 23.9 Å². The van der Waals surface area contributed by atoms with Crippen molar-refractivity contribution >= 4 is 40.6 Å². The smallest absolute Gasteiger partial charge is 0.294 e. The number of anilines is 1. The van der Waals surface area contributed by atoms with Crippen molar-refractivity contribution in [3.63, 3.8) is 0 Å². The van der Waals surface area contributed by atoms with E-state index in [0.717, 1.165) is 23.1 Å². The van der Waals surface area contributed by atoms with Gasteiger partial charge in [0.05, 0.1) is 18.1 Å². The lowest BCUT2D eigenvalue weighted by atomic mass is 10.2. The van der Waals surface area contributed by atoms with Crippen LogP contribution in [0.25, 0.3) is 6.08 Å². The van der Waals surface area contributed by atoms with E-state index in [1.54, 1.807) is 30.3 Å². The summed E-state index contributed by atoms with van der Waals surface area (Å²) < 4.78 is 11.1. The van der Waals surface area contributed by atoms with Crippen LogP contribution in [0.4, 0.5) is 10.5 Å². The van der Waals surface area contributed by atoms with Crippen LogP contribution >= 0.6 is 11.8 Å². The van der Waals surface area contributed by atoms with E-state index in [1.807, 2.05) is 38.1 Å². The summed E-state index contributed by atoms with van der Waals surface area (Å²) in [6.07, 6.45) is 2.48. The number of para-hydroxylation sites is 1. The van der Waals surface area contributed by atoms with Gasteiger partial charge in [-0.05, 0) is 61.5 Å². The average Bonchev–Trinajstić information content (AvgIpc) is 3.02. The molecule has 0 bridgehead atoms. The van der Waals surface area contributed by atoms with Crippen LogP contribution in [-0.4, -0.2) is 41.7 Å². The van der Waals surface area contributed by atoms with Gasteiger partial charge in [-0.2, -0.15) is 0 Å². The molecule has 0 spiro atoms. The van der Waals surface area contributed by atoms with Gasteiger partial charge in [-0.1, -0.05) is 25.1 Å². The molecule has 0 unspecified atom stereocenters. The molecule has 0 aliphatic carbocycles. The summed E-state index contributed by atoms with van der Waals surface area (Å²) in [6.45, 7) is 4.64. The van der Waals surface area contributed by atoms with Crippen LogP contribution in [0.15, 0.2) is 53.4 Å². The van der Waals surface area contributed by atoms with Crippen LogP contribution in [0.3, 0.4) is 0 Å². The number of carbonyl (C=O) groups excluding carboxylic acids is 3. The predicted octanol–water partition coefficient (Wildman–Crippen LogP) is 4.55. The summed E-state index contributed by atoms with van der Waals surface area (Å²) in [4.78, 5) is 38.6. The molecule has 0 radical (unpaired) electrons. The van der Waals surface area contributed by atoms with Gasteiger partial charge in [-0.25, -0.2) is 0 Å². The second-order valence-electron chi connectivity index (χ2n) is 6.66. The van der Waals surface area contributed by atoms with Crippen LogP contribution in [0.5, 0.6) is 11.5 Å². The molecule has 1 fully saturated rings. The van der Waals surface area contributed by atoms with Gasteiger partial charge in [0, 0.05) is 11.3 Å². The van der Waals surface area contributed by atoms with Gasteiger partial charge >= 0.3 is 0 Å². The third-order valence-corrected chi connectivity index (χ3v) is 5.20. The van der Waals surface area contributed by atoms with Gasteiger partial charge < -0.3 is 14.8 Å². The van der Waals surface area contributed by atoms with Gasteiger partial charge in [-0.3, -0.25) is 19.3 Å². The summed E-state index contributed by atoms with van der Waals surface area (Å²) in [6, 6.07) is 14.2. The number of nitrogens with one attached hydrogen (secondary N) is 1. The SMILES string of the molecule is CCCOc1ccccc1/C=C1/SC(=O)N(CC(=O)Nc2ccc(OCC)cc2)C1=O. The molecule has 162 valence electrons. The van der Waals surface area contributed by atoms with E-state index in [4.69, 9.17) is 9.47 Å². The minimum absolute atomic E-state index is 0.256. The molecule has 1 heterocycles. The number of nitrogens with zero attached hydrogens (tertiary/aromatic N) is 1. The molecule has 0 saturated carbocycles. The number of benzene rings is 2. The molecule has 1 N–H and O–H groups in total. The molecule has 8 heteroatoms. The standard InChI is InChI=1S/C23H24N2O5S/c1-3-13-30-19-8-6-5-7-16(19)14-20-22(27)25(23(28)31-20)15-21(26)24-17-9-11-18(12-10-17)29-4-2/h5-12,14H,3-4,13,15H2,1-2H3,(H,24,26)/b20-14+. The van der Waals surface area contributed by atoms with E-state index >= 15 is 0 Å². The normalized spacial score (nSPS) is 14.8. The van der Waals surface area contributed by atoms with E-state index < -0.39 is 17.1 Å².